The van der Waals surface area contributed by atoms with Gasteiger partial charge in [0.2, 0.25) is 5.91 Å². The predicted octanol–water partition coefficient (Wildman–Crippen LogP) is 3.31. The second kappa shape index (κ2) is 4.97. The van der Waals surface area contributed by atoms with E-state index in [1.165, 1.54) is 0 Å². The van der Waals surface area contributed by atoms with Crippen molar-refractivity contribution in [1.29, 1.82) is 0 Å². The van der Waals surface area contributed by atoms with E-state index in [1.807, 2.05) is 0 Å². The van der Waals surface area contributed by atoms with Crippen molar-refractivity contribution in [2.24, 2.45) is 23.5 Å². The molecule has 0 aromatic heterocycles. The Kier molecular flexibility index (Phi) is 3.46. The molecule has 0 aliphatic heterocycles. The quantitative estimate of drug-likeness (QED) is 0.880. The third-order valence-corrected chi connectivity index (χ3v) is 5.03. The molecule has 2 aliphatic rings. The minimum atomic E-state index is -0.0891. The van der Waals surface area contributed by atoms with Crippen LogP contribution in [0.3, 0.4) is 0 Å². The van der Waals surface area contributed by atoms with Crippen LogP contribution >= 0.6 is 23.2 Å². The second-order valence-electron chi connectivity index (χ2n) is 5.55. The fourth-order valence-corrected chi connectivity index (χ4v) is 3.87. The van der Waals surface area contributed by atoms with E-state index in [0.29, 0.717) is 27.6 Å². The van der Waals surface area contributed by atoms with Crippen molar-refractivity contribution in [3.8, 4) is 0 Å². The summed E-state index contributed by atoms with van der Waals surface area (Å²) in [6.45, 7) is 0. The molecule has 3 rings (SSSR count). The molecule has 2 saturated carbocycles. The number of fused-ring (bicyclic) bond motifs is 2. The molecule has 19 heavy (non-hydrogen) atoms. The van der Waals surface area contributed by atoms with Gasteiger partial charge in [0.05, 0.1) is 16.6 Å². The molecule has 102 valence electrons. The molecule has 1 amide bonds. The summed E-state index contributed by atoms with van der Waals surface area (Å²) < 4.78 is 0. The lowest BCUT2D eigenvalue weighted by Crippen LogP contribution is -2.42. The lowest BCUT2D eigenvalue weighted by Gasteiger charge is -2.27. The summed E-state index contributed by atoms with van der Waals surface area (Å²) in [6.07, 6.45) is 3.36. The van der Waals surface area contributed by atoms with Crippen LogP contribution in [0.25, 0.3) is 0 Å². The first-order valence-corrected chi connectivity index (χ1v) is 7.33. The summed E-state index contributed by atoms with van der Waals surface area (Å²) in [4.78, 5) is 12.4. The summed E-state index contributed by atoms with van der Waals surface area (Å²) in [5.74, 6) is 0.825. The standard InChI is InChI=1S/C14H16Cl2N2O/c15-9-3-4-10(16)11(6-9)18-14(19)12-7-1-2-8(5-7)13(12)17/h3-4,6-8,12-13H,1-2,5,17H2,(H,18,19). The number of hydrogen-bond acceptors (Lipinski definition) is 2. The molecule has 0 radical (unpaired) electrons. The van der Waals surface area contributed by atoms with E-state index in [0.717, 1.165) is 19.3 Å². The number of carbonyl (C=O) groups excluding carboxylic acids is 1. The van der Waals surface area contributed by atoms with E-state index in [-0.39, 0.29) is 17.9 Å². The highest BCUT2D eigenvalue weighted by atomic mass is 35.5. The summed E-state index contributed by atoms with van der Waals surface area (Å²) in [7, 11) is 0. The molecular formula is C14H16Cl2N2O. The predicted molar refractivity (Wildman–Crippen MR) is 77.4 cm³/mol. The molecule has 0 saturated heterocycles. The molecule has 4 atom stereocenters. The van der Waals surface area contributed by atoms with E-state index in [9.17, 15) is 4.79 Å². The van der Waals surface area contributed by atoms with Gasteiger partial charge in [-0.15, -0.1) is 0 Å². The van der Waals surface area contributed by atoms with Crippen molar-refractivity contribution >= 4 is 34.8 Å². The molecule has 5 heteroatoms. The highest BCUT2D eigenvalue weighted by Crippen LogP contribution is 2.48. The first-order chi connectivity index (χ1) is 9.06. The van der Waals surface area contributed by atoms with Crippen LogP contribution in [0.2, 0.25) is 10.0 Å². The summed E-state index contributed by atoms with van der Waals surface area (Å²) in [6, 6.07) is 5.03. The molecule has 1 aromatic rings. The van der Waals surface area contributed by atoms with Crippen LogP contribution in [-0.2, 0) is 4.79 Å². The molecule has 1 aromatic carbocycles. The summed E-state index contributed by atoms with van der Waals surface area (Å²) >= 11 is 12.0. The van der Waals surface area contributed by atoms with E-state index >= 15 is 0 Å². The van der Waals surface area contributed by atoms with Crippen LogP contribution in [0.1, 0.15) is 19.3 Å². The van der Waals surface area contributed by atoms with Crippen molar-refractivity contribution in [3.63, 3.8) is 0 Å². The zero-order valence-corrected chi connectivity index (χ0v) is 11.9. The number of benzene rings is 1. The van der Waals surface area contributed by atoms with Gasteiger partial charge in [0.15, 0.2) is 0 Å². The van der Waals surface area contributed by atoms with Gasteiger partial charge in [-0.3, -0.25) is 4.79 Å². The van der Waals surface area contributed by atoms with Gasteiger partial charge in [0.25, 0.3) is 0 Å². The summed E-state index contributed by atoms with van der Waals surface area (Å²) in [5.41, 5.74) is 6.73. The molecule has 4 unspecified atom stereocenters. The van der Waals surface area contributed by atoms with Crippen LogP contribution in [0.4, 0.5) is 5.69 Å². The van der Waals surface area contributed by atoms with E-state index in [2.05, 4.69) is 5.32 Å². The van der Waals surface area contributed by atoms with Gasteiger partial charge in [-0.05, 0) is 49.3 Å². The largest absolute Gasteiger partial charge is 0.327 e. The van der Waals surface area contributed by atoms with Crippen molar-refractivity contribution in [2.45, 2.75) is 25.3 Å². The lowest BCUT2D eigenvalue weighted by molar-refractivity contribution is -0.121. The molecule has 2 bridgehead atoms. The van der Waals surface area contributed by atoms with Crippen LogP contribution < -0.4 is 11.1 Å². The molecule has 0 spiro atoms. The third-order valence-electron chi connectivity index (χ3n) is 4.47. The molecule has 0 heterocycles. The number of nitrogens with one attached hydrogen (secondary N) is 1. The van der Waals surface area contributed by atoms with E-state index in [4.69, 9.17) is 28.9 Å². The first kappa shape index (κ1) is 13.2. The Bertz CT molecular complexity index is 518. The zero-order chi connectivity index (χ0) is 13.6. The van der Waals surface area contributed by atoms with Crippen molar-refractivity contribution in [2.75, 3.05) is 5.32 Å². The Balaban J connectivity index is 1.77. The van der Waals surface area contributed by atoms with Crippen LogP contribution in [0, 0.1) is 17.8 Å². The monoisotopic (exact) mass is 298 g/mol. The zero-order valence-electron chi connectivity index (χ0n) is 10.4. The Labute approximate surface area is 122 Å². The fourth-order valence-electron chi connectivity index (χ4n) is 3.53. The Morgan fingerprint density at radius 3 is 2.68 bits per heavy atom. The number of halogens is 2. The molecule has 2 fully saturated rings. The van der Waals surface area contributed by atoms with Gasteiger partial charge in [-0.1, -0.05) is 23.2 Å². The Morgan fingerprint density at radius 2 is 2.00 bits per heavy atom. The summed E-state index contributed by atoms with van der Waals surface area (Å²) in [5, 5.41) is 3.92. The van der Waals surface area contributed by atoms with Crippen molar-refractivity contribution in [1.82, 2.24) is 0 Å². The number of amides is 1. The average Bonchev–Trinajstić information content (AvgIpc) is 2.94. The van der Waals surface area contributed by atoms with Gasteiger partial charge < -0.3 is 11.1 Å². The number of hydrogen-bond donors (Lipinski definition) is 2. The number of nitrogens with two attached hydrogens (primary N) is 1. The number of carbonyl (C=O) groups is 1. The molecule has 3 nitrogen and oxygen atoms in total. The minimum absolute atomic E-state index is 0.0169. The van der Waals surface area contributed by atoms with E-state index < -0.39 is 0 Å². The molecule has 2 aliphatic carbocycles. The lowest BCUT2D eigenvalue weighted by atomic mass is 9.84. The van der Waals surface area contributed by atoms with Gasteiger partial charge in [0, 0.05) is 11.1 Å². The van der Waals surface area contributed by atoms with Crippen LogP contribution in [0.5, 0.6) is 0 Å². The highest BCUT2D eigenvalue weighted by molar-refractivity contribution is 6.35. The maximum Gasteiger partial charge on any atom is 0.229 e. The number of anilines is 1. The molecule has 3 N–H and O–H groups in total. The van der Waals surface area contributed by atoms with Gasteiger partial charge in [-0.2, -0.15) is 0 Å². The van der Waals surface area contributed by atoms with Crippen molar-refractivity contribution in [3.05, 3.63) is 28.2 Å². The second-order valence-corrected chi connectivity index (χ2v) is 6.39. The highest BCUT2D eigenvalue weighted by Gasteiger charge is 2.49. The first-order valence-electron chi connectivity index (χ1n) is 6.58. The molecular weight excluding hydrogens is 283 g/mol. The topological polar surface area (TPSA) is 55.1 Å². The Hall–Kier alpha value is -0.770. The minimum Gasteiger partial charge on any atom is -0.327 e. The maximum absolute atomic E-state index is 12.4. The average molecular weight is 299 g/mol. The van der Waals surface area contributed by atoms with Crippen LogP contribution in [-0.4, -0.2) is 11.9 Å². The van der Waals surface area contributed by atoms with E-state index in [1.54, 1.807) is 18.2 Å². The normalized spacial score (nSPS) is 32.6. The SMILES string of the molecule is NC1C2CCC(C2)C1C(=O)Nc1cc(Cl)ccc1Cl. The number of rotatable bonds is 2. The van der Waals surface area contributed by atoms with Crippen LogP contribution in [0.15, 0.2) is 18.2 Å². The third kappa shape index (κ3) is 2.35. The van der Waals surface area contributed by atoms with Gasteiger partial charge >= 0.3 is 0 Å². The van der Waals surface area contributed by atoms with Crippen molar-refractivity contribution < 1.29 is 4.79 Å². The van der Waals surface area contributed by atoms with Gasteiger partial charge in [0.1, 0.15) is 0 Å². The fraction of sp³-hybridized carbons (Fsp3) is 0.500. The maximum atomic E-state index is 12.4. The Morgan fingerprint density at radius 1 is 1.26 bits per heavy atom. The smallest absolute Gasteiger partial charge is 0.229 e. The van der Waals surface area contributed by atoms with Gasteiger partial charge in [-0.25, -0.2) is 0 Å².